The lowest BCUT2D eigenvalue weighted by atomic mass is 9.77. The van der Waals surface area contributed by atoms with E-state index >= 15 is 0 Å². The van der Waals surface area contributed by atoms with Crippen LogP contribution in [-0.2, 0) is 4.79 Å². The number of aliphatic carboxylic acids is 1. The summed E-state index contributed by atoms with van der Waals surface area (Å²) in [6.07, 6.45) is 4.05. The minimum Gasteiger partial charge on any atom is -0.480 e. The first-order chi connectivity index (χ1) is 6.21. The van der Waals surface area contributed by atoms with Crippen molar-refractivity contribution >= 4 is 5.97 Å². The quantitative estimate of drug-likeness (QED) is 0.525. The molecule has 0 bridgehead atoms. The Bertz CT molecular complexity index is 178. The molecule has 0 radical (unpaired) electrons. The molecule has 1 aliphatic carbocycles. The predicted octanol–water partition coefficient (Wildman–Crippen LogP) is 0.356. The van der Waals surface area contributed by atoms with Crippen molar-refractivity contribution in [2.45, 2.75) is 37.6 Å². The number of aliphatic hydroxyl groups is 1. The number of carboxylic acid groups (broad SMARTS) is 1. The fourth-order valence-electron chi connectivity index (χ4n) is 1.56. The molecule has 1 saturated carbocycles. The average molecular weight is 187 g/mol. The van der Waals surface area contributed by atoms with Crippen molar-refractivity contribution in [3.63, 3.8) is 0 Å². The minimum absolute atomic E-state index is 0.182. The number of rotatable bonds is 6. The van der Waals surface area contributed by atoms with Gasteiger partial charge in [-0.1, -0.05) is 0 Å². The fraction of sp³-hybridized carbons (Fsp3) is 0.889. The van der Waals surface area contributed by atoms with Gasteiger partial charge in [0.15, 0.2) is 0 Å². The first kappa shape index (κ1) is 10.5. The second kappa shape index (κ2) is 4.58. The Morgan fingerprint density at radius 1 is 1.38 bits per heavy atom. The van der Waals surface area contributed by atoms with Crippen molar-refractivity contribution in [1.82, 2.24) is 5.32 Å². The summed E-state index contributed by atoms with van der Waals surface area (Å²) in [5.74, 6) is -0.734. The van der Waals surface area contributed by atoms with Gasteiger partial charge in [-0.25, -0.2) is 0 Å². The summed E-state index contributed by atoms with van der Waals surface area (Å²) in [6, 6.07) is 0. The summed E-state index contributed by atoms with van der Waals surface area (Å²) < 4.78 is 0. The molecule has 0 aromatic carbocycles. The van der Waals surface area contributed by atoms with Crippen molar-refractivity contribution in [2.24, 2.45) is 0 Å². The SMILES string of the molecule is O=C(O)C1(NCCCCO)CCC1. The summed E-state index contributed by atoms with van der Waals surface area (Å²) in [6.45, 7) is 0.870. The van der Waals surface area contributed by atoms with E-state index in [4.69, 9.17) is 10.2 Å². The molecule has 0 aromatic heterocycles. The predicted molar refractivity (Wildman–Crippen MR) is 48.5 cm³/mol. The molecule has 0 atom stereocenters. The molecule has 76 valence electrons. The Labute approximate surface area is 78.0 Å². The molecule has 3 N–H and O–H groups in total. The van der Waals surface area contributed by atoms with E-state index in [1.54, 1.807) is 0 Å². The standard InChI is InChI=1S/C9H17NO3/c11-7-2-1-6-10-9(8(12)13)4-3-5-9/h10-11H,1-7H2,(H,12,13). The highest BCUT2D eigenvalue weighted by Crippen LogP contribution is 2.31. The molecule has 4 nitrogen and oxygen atoms in total. The molecule has 1 fully saturated rings. The molecule has 0 spiro atoms. The number of aliphatic hydroxyl groups excluding tert-OH is 1. The summed E-state index contributed by atoms with van der Waals surface area (Å²) in [7, 11) is 0. The number of hydrogen-bond donors (Lipinski definition) is 3. The van der Waals surface area contributed by atoms with Crippen LogP contribution in [0, 0.1) is 0 Å². The Hall–Kier alpha value is -0.610. The van der Waals surface area contributed by atoms with Crippen LogP contribution in [0.2, 0.25) is 0 Å². The monoisotopic (exact) mass is 187 g/mol. The van der Waals surface area contributed by atoms with E-state index in [0.717, 1.165) is 32.1 Å². The van der Waals surface area contributed by atoms with Crippen LogP contribution in [0.5, 0.6) is 0 Å². The highest BCUT2D eigenvalue weighted by molar-refractivity contribution is 5.79. The van der Waals surface area contributed by atoms with Crippen LogP contribution in [0.1, 0.15) is 32.1 Å². The second-order valence-corrected chi connectivity index (χ2v) is 3.60. The lowest BCUT2D eigenvalue weighted by Gasteiger charge is -2.38. The van der Waals surface area contributed by atoms with Gasteiger partial charge in [-0.05, 0) is 38.6 Å². The van der Waals surface area contributed by atoms with E-state index in [0.29, 0.717) is 6.54 Å². The largest absolute Gasteiger partial charge is 0.480 e. The first-order valence-electron chi connectivity index (χ1n) is 4.80. The minimum atomic E-state index is -0.734. The maximum absolute atomic E-state index is 10.9. The third-order valence-electron chi connectivity index (χ3n) is 2.66. The molecule has 0 unspecified atom stereocenters. The van der Waals surface area contributed by atoms with Gasteiger partial charge in [0.05, 0.1) is 0 Å². The molecular formula is C9H17NO3. The van der Waals surface area contributed by atoms with Crippen LogP contribution in [0.25, 0.3) is 0 Å². The second-order valence-electron chi connectivity index (χ2n) is 3.60. The highest BCUT2D eigenvalue weighted by atomic mass is 16.4. The maximum atomic E-state index is 10.9. The zero-order chi connectivity index (χ0) is 9.73. The van der Waals surface area contributed by atoms with Crippen molar-refractivity contribution in [2.75, 3.05) is 13.2 Å². The van der Waals surface area contributed by atoms with Gasteiger partial charge in [-0.2, -0.15) is 0 Å². The van der Waals surface area contributed by atoms with E-state index in [-0.39, 0.29) is 6.61 Å². The van der Waals surface area contributed by atoms with Crippen molar-refractivity contribution in [3.8, 4) is 0 Å². The smallest absolute Gasteiger partial charge is 0.323 e. The highest BCUT2D eigenvalue weighted by Gasteiger charge is 2.43. The molecule has 0 aromatic rings. The zero-order valence-corrected chi connectivity index (χ0v) is 7.75. The maximum Gasteiger partial charge on any atom is 0.323 e. The van der Waals surface area contributed by atoms with Crippen molar-refractivity contribution < 1.29 is 15.0 Å². The number of carbonyl (C=O) groups is 1. The Balaban J connectivity index is 2.21. The van der Waals surface area contributed by atoms with Crippen LogP contribution in [0.3, 0.4) is 0 Å². The number of unbranched alkanes of at least 4 members (excludes halogenated alkanes) is 1. The summed E-state index contributed by atoms with van der Waals surface area (Å²) in [5.41, 5.74) is -0.643. The average Bonchev–Trinajstić information content (AvgIpc) is 2.01. The van der Waals surface area contributed by atoms with Gasteiger partial charge in [-0.15, -0.1) is 0 Å². The van der Waals surface area contributed by atoms with Crippen LogP contribution in [0.4, 0.5) is 0 Å². The number of nitrogens with one attached hydrogen (secondary N) is 1. The zero-order valence-electron chi connectivity index (χ0n) is 7.75. The Morgan fingerprint density at radius 2 is 2.08 bits per heavy atom. The molecule has 1 rings (SSSR count). The normalized spacial score (nSPS) is 19.5. The molecule has 0 amide bonds. The van der Waals surface area contributed by atoms with E-state index in [1.807, 2.05) is 0 Å². The Kier molecular flexibility index (Phi) is 3.69. The van der Waals surface area contributed by atoms with Gasteiger partial charge in [-0.3, -0.25) is 4.79 Å². The molecule has 13 heavy (non-hydrogen) atoms. The Morgan fingerprint density at radius 3 is 2.46 bits per heavy atom. The van der Waals surface area contributed by atoms with Gasteiger partial charge >= 0.3 is 5.97 Å². The van der Waals surface area contributed by atoms with Crippen molar-refractivity contribution in [3.05, 3.63) is 0 Å². The summed E-state index contributed by atoms with van der Waals surface area (Å²) in [5, 5.41) is 20.5. The third-order valence-corrected chi connectivity index (χ3v) is 2.66. The number of carboxylic acids is 1. The van der Waals surface area contributed by atoms with Crippen molar-refractivity contribution in [1.29, 1.82) is 0 Å². The molecule has 1 aliphatic rings. The number of hydrogen-bond acceptors (Lipinski definition) is 3. The van der Waals surface area contributed by atoms with Gasteiger partial charge in [0.1, 0.15) is 5.54 Å². The van der Waals surface area contributed by atoms with Gasteiger partial charge in [0, 0.05) is 6.61 Å². The van der Waals surface area contributed by atoms with Crippen LogP contribution < -0.4 is 5.32 Å². The molecule has 0 saturated heterocycles. The van der Waals surface area contributed by atoms with E-state index in [9.17, 15) is 4.79 Å². The van der Waals surface area contributed by atoms with E-state index < -0.39 is 11.5 Å². The van der Waals surface area contributed by atoms with Gasteiger partial charge < -0.3 is 15.5 Å². The van der Waals surface area contributed by atoms with Crippen LogP contribution >= 0.6 is 0 Å². The topological polar surface area (TPSA) is 69.6 Å². The van der Waals surface area contributed by atoms with E-state index in [1.165, 1.54) is 0 Å². The fourth-order valence-corrected chi connectivity index (χ4v) is 1.56. The summed E-state index contributed by atoms with van der Waals surface area (Å²) in [4.78, 5) is 10.9. The lowest BCUT2D eigenvalue weighted by Crippen LogP contribution is -2.57. The molecule has 0 heterocycles. The van der Waals surface area contributed by atoms with Crippen LogP contribution in [0.15, 0.2) is 0 Å². The van der Waals surface area contributed by atoms with E-state index in [2.05, 4.69) is 5.32 Å². The summed E-state index contributed by atoms with van der Waals surface area (Å²) >= 11 is 0. The first-order valence-corrected chi connectivity index (χ1v) is 4.80. The molecule has 4 heteroatoms. The van der Waals surface area contributed by atoms with Crippen LogP contribution in [-0.4, -0.2) is 34.9 Å². The molecular weight excluding hydrogens is 170 g/mol. The van der Waals surface area contributed by atoms with Gasteiger partial charge in [0.25, 0.3) is 0 Å². The lowest BCUT2D eigenvalue weighted by molar-refractivity contribution is -0.148. The molecule has 0 aliphatic heterocycles. The van der Waals surface area contributed by atoms with Gasteiger partial charge in [0.2, 0.25) is 0 Å². The third kappa shape index (κ3) is 2.42.